The molecule has 1 fully saturated rings. The van der Waals surface area contributed by atoms with Crippen molar-refractivity contribution in [1.82, 2.24) is 9.88 Å². The number of halogens is 3. The third kappa shape index (κ3) is 5.13. The zero-order valence-electron chi connectivity index (χ0n) is 19.1. The molecule has 0 unspecified atom stereocenters. The molecular formula is C25H27ClF2N4O2. The van der Waals surface area contributed by atoms with Gasteiger partial charge in [-0.15, -0.1) is 0 Å². The minimum Gasteiger partial charge on any atom is -0.481 e. The number of rotatable bonds is 6. The van der Waals surface area contributed by atoms with Crippen LogP contribution in [-0.2, 0) is 17.8 Å². The third-order valence-electron chi connectivity index (χ3n) is 6.61. The summed E-state index contributed by atoms with van der Waals surface area (Å²) >= 11 is 5.90. The summed E-state index contributed by atoms with van der Waals surface area (Å²) in [5.41, 5.74) is 0.505. The van der Waals surface area contributed by atoms with Crippen molar-refractivity contribution < 1.29 is 18.7 Å². The Hall–Kier alpha value is -2.84. The van der Waals surface area contributed by atoms with Gasteiger partial charge in [0.1, 0.15) is 23.3 Å². The van der Waals surface area contributed by atoms with E-state index in [4.69, 9.17) is 11.6 Å². The van der Waals surface area contributed by atoms with Gasteiger partial charge >= 0.3 is 5.97 Å². The lowest BCUT2D eigenvalue weighted by molar-refractivity contribution is -0.153. The van der Waals surface area contributed by atoms with E-state index in [1.165, 1.54) is 18.2 Å². The number of hydrogen-bond donors (Lipinski definition) is 2. The molecule has 0 radical (unpaired) electrons. The fourth-order valence-electron chi connectivity index (χ4n) is 4.67. The molecule has 0 aliphatic carbocycles. The quantitative estimate of drug-likeness (QED) is 0.592. The average Bonchev–Trinajstić information content (AvgIpc) is 3.20. The number of carboxylic acids is 1. The van der Waals surface area contributed by atoms with Gasteiger partial charge in [0.25, 0.3) is 0 Å². The molecule has 3 heterocycles. The van der Waals surface area contributed by atoms with Crippen LogP contribution in [0.4, 0.5) is 14.6 Å². The van der Waals surface area contributed by atoms with E-state index in [1.54, 1.807) is 12.1 Å². The number of anilines is 1. The zero-order valence-corrected chi connectivity index (χ0v) is 19.9. The maximum absolute atomic E-state index is 14.7. The Labute approximate surface area is 202 Å². The molecule has 0 bridgehead atoms. The van der Waals surface area contributed by atoms with Gasteiger partial charge in [-0.3, -0.25) is 14.7 Å². The van der Waals surface area contributed by atoms with Gasteiger partial charge in [0.15, 0.2) is 0 Å². The number of aliphatic imine (C=N–C) groups is 1. The Kier molecular flexibility index (Phi) is 7.00. The molecule has 4 rings (SSSR count). The smallest absolute Gasteiger partial charge is 0.310 e. The normalized spacial score (nSPS) is 22.9. The van der Waals surface area contributed by atoms with Crippen molar-refractivity contribution in [2.24, 2.45) is 10.4 Å². The van der Waals surface area contributed by atoms with E-state index in [-0.39, 0.29) is 29.6 Å². The van der Waals surface area contributed by atoms with E-state index in [0.29, 0.717) is 43.3 Å². The molecule has 34 heavy (non-hydrogen) atoms. The second-order valence-electron chi connectivity index (χ2n) is 9.19. The number of carbonyl (C=O) groups is 1. The fraction of sp³-hybridized carbons (Fsp3) is 0.400. The van der Waals surface area contributed by atoms with Gasteiger partial charge in [0.2, 0.25) is 0 Å². The lowest BCUT2D eigenvalue weighted by atomic mass is 9.72. The molecule has 6 nitrogen and oxygen atoms in total. The number of likely N-dealkylation sites (tertiary alicyclic amines) is 1. The highest BCUT2D eigenvalue weighted by Gasteiger charge is 2.45. The average molecular weight is 489 g/mol. The summed E-state index contributed by atoms with van der Waals surface area (Å²) in [6.45, 7) is 5.23. The molecule has 0 spiro atoms. The molecule has 2 N–H and O–H groups in total. The van der Waals surface area contributed by atoms with E-state index < -0.39 is 23.0 Å². The van der Waals surface area contributed by atoms with Gasteiger partial charge in [-0.1, -0.05) is 23.7 Å². The van der Waals surface area contributed by atoms with Crippen LogP contribution >= 0.6 is 11.6 Å². The second-order valence-corrected chi connectivity index (χ2v) is 9.60. The molecule has 0 amide bonds. The van der Waals surface area contributed by atoms with Crippen LogP contribution in [0, 0.1) is 17.0 Å². The standard InChI is InChI=1S/C25H27ClF2N4O2/c1-15-10-22(29-13-15)31-21-7-6-19(27)20(30-21)12-25(24(33)34)8-9-32(16(2)11-25)14-17-4-3-5-18(26)23(17)28/h3-7,10,16H,8-9,11-14H2,1-2H3,(H,33,34)(H,29,30,31)/t16-,25-/m1/s1. The Balaban J connectivity index is 1.51. The van der Waals surface area contributed by atoms with Crippen molar-refractivity contribution in [3.63, 3.8) is 0 Å². The number of nitrogens with one attached hydrogen (secondary N) is 1. The molecule has 2 aliphatic heterocycles. The summed E-state index contributed by atoms with van der Waals surface area (Å²) in [6, 6.07) is 7.52. The van der Waals surface area contributed by atoms with E-state index in [0.717, 1.165) is 5.57 Å². The van der Waals surface area contributed by atoms with Crippen molar-refractivity contribution in [2.45, 2.75) is 45.7 Å². The lowest BCUT2D eigenvalue weighted by Gasteiger charge is -2.43. The van der Waals surface area contributed by atoms with E-state index in [9.17, 15) is 18.7 Å². The summed E-state index contributed by atoms with van der Waals surface area (Å²) < 4.78 is 29.1. The third-order valence-corrected chi connectivity index (χ3v) is 6.90. The van der Waals surface area contributed by atoms with Crippen molar-refractivity contribution in [2.75, 3.05) is 18.4 Å². The fourth-order valence-corrected chi connectivity index (χ4v) is 4.86. The number of aromatic nitrogens is 1. The topological polar surface area (TPSA) is 77.8 Å². The first-order valence-electron chi connectivity index (χ1n) is 11.2. The zero-order chi connectivity index (χ0) is 24.5. The number of pyridine rings is 1. The molecule has 1 saturated heterocycles. The van der Waals surface area contributed by atoms with Crippen molar-refractivity contribution >= 4 is 29.2 Å². The van der Waals surface area contributed by atoms with Gasteiger partial charge in [-0.25, -0.2) is 13.8 Å². The maximum atomic E-state index is 14.7. The van der Waals surface area contributed by atoms with Crippen molar-refractivity contribution in [3.8, 4) is 0 Å². The number of piperidine rings is 1. The summed E-state index contributed by atoms with van der Waals surface area (Å²) in [4.78, 5) is 23.2. The monoisotopic (exact) mass is 488 g/mol. The molecular weight excluding hydrogens is 462 g/mol. The summed E-state index contributed by atoms with van der Waals surface area (Å²) in [6.07, 6.45) is 2.44. The van der Waals surface area contributed by atoms with E-state index >= 15 is 0 Å². The molecule has 9 heteroatoms. The van der Waals surface area contributed by atoms with Gasteiger partial charge < -0.3 is 10.4 Å². The predicted octanol–water partition coefficient (Wildman–Crippen LogP) is 5.08. The first-order chi connectivity index (χ1) is 16.2. The first kappa shape index (κ1) is 24.3. The summed E-state index contributed by atoms with van der Waals surface area (Å²) in [7, 11) is 0. The van der Waals surface area contributed by atoms with Crippen LogP contribution in [0.3, 0.4) is 0 Å². The largest absolute Gasteiger partial charge is 0.481 e. The molecule has 2 aromatic rings. The molecule has 0 saturated carbocycles. The van der Waals surface area contributed by atoms with E-state index in [1.807, 2.05) is 24.8 Å². The van der Waals surface area contributed by atoms with Crippen molar-refractivity contribution in [1.29, 1.82) is 0 Å². The summed E-state index contributed by atoms with van der Waals surface area (Å²) in [5, 5.41) is 13.3. The molecule has 180 valence electrons. The van der Waals surface area contributed by atoms with Gasteiger partial charge in [-0.05, 0) is 63.1 Å². The van der Waals surface area contributed by atoms with Crippen LogP contribution in [0.2, 0.25) is 5.02 Å². The predicted molar refractivity (Wildman–Crippen MR) is 128 cm³/mol. The Morgan fingerprint density at radius 2 is 2.12 bits per heavy atom. The maximum Gasteiger partial charge on any atom is 0.310 e. The molecule has 1 aromatic heterocycles. The Morgan fingerprint density at radius 3 is 2.79 bits per heavy atom. The first-order valence-corrected chi connectivity index (χ1v) is 11.6. The molecule has 2 aliphatic rings. The van der Waals surface area contributed by atoms with Crippen molar-refractivity contribution in [3.05, 3.63) is 69.9 Å². The Morgan fingerprint density at radius 1 is 1.32 bits per heavy atom. The van der Waals surface area contributed by atoms with Crippen LogP contribution in [0.25, 0.3) is 0 Å². The van der Waals surface area contributed by atoms with Gasteiger partial charge in [-0.2, -0.15) is 0 Å². The number of nitrogens with zero attached hydrogens (tertiary/aromatic N) is 3. The second kappa shape index (κ2) is 9.80. The number of carboxylic acid groups (broad SMARTS) is 1. The molecule has 2 atom stereocenters. The van der Waals surface area contributed by atoms with Crippen LogP contribution in [0.5, 0.6) is 0 Å². The van der Waals surface area contributed by atoms with Crippen LogP contribution in [-0.4, -0.2) is 45.9 Å². The van der Waals surface area contributed by atoms with Crippen LogP contribution < -0.4 is 5.32 Å². The number of amidine groups is 1. The number of aliphatic carboxylic acids is 1. The molecule has 1 aromatic carbocycles. The minimum absolute atomic E-state index is 0.0330. The Bertz CT molecular complexity index is 1170. The van der Waals surface area contributed by atoms with Crippen LogP contribution in [0.15, 0.2) is 47.0 Å². The minimum atomic E-state index is -1.17. The van der Waals surface area contributed by atoms with Gasteiger partial charge in [0.05, 0.1) is 22.7 Å². The number of benzene rings is 1. The highest BCUT2D eigenvalue weighted by Crippen LogP contribution is 2.39. The number of hydrogen-bond acceptors (Lipinski definition) is 5. The van der Waals surface area contributed by atoms with E-state index in [2.05, 4.69) is 15.3 Å². The highest BCUT2D eigenvalue weighted by atomic mass is 35.5. The SMILES string of the molecule is CC1=CC(Nc2ccc(F)c(C[C@@]3(C(=O)O)CCN(Cc4cccc(Cl)c4F)[C@H](C)C3)n2)=NC1. The summed E-state index contributed by atoms with van der Waals surface area (Å²) in [5.74, 6) is -0.915. The van der Waals surface area contributed by atoms with Gasteiger partial charge in [0, 0.05) is 24.6 Å². The van der Waals surface area contributed by atoms with Crippen LogP contribution in [0.1, 0.15) is 37.9 Å². The highest BCUT2D eigenvalue weighted by molar-refractivity contribution is 6.30. The lowest BCUT2D eigenvalue weighted by Crippen LogP contribution is -2.50.